The maximum absolute atomic E-state index is 10.2. The predicted octanol–water partition coefficient (Wildman–Crippen LogP) is -0.508. The molecule has 0 fully saturated rings. The molecule has 0 bridgehead atoms. The quantitative estimate of drug-likeness (QED) is 0.493. The summed E-state index contributed by atoms with van der Waals surface area (Å²) in [6.07, 6.45) is 0. The molecule has 0 saturated heterocycles. The normalized spacial score (nSPS) is 9.50. The van der Waals surface area contributed by atoms with Crippen LogP contribution in [0.15, 0.2) is 0 Å². The maximum atomic E-state index is 10.2. The zero-order valence-corrected chi connectivity index (χ0v) is 4.97. The van der Waals surface area contributed by atoms with E-state index in [1.807, 2.05) is 0 Å². The smallest absolute Gasteiger partial charge is 0.154 e. The molecule has 3 nitrogen and oxygen atoms in total. The molecule has 0 amide bonds. The molecule has 0 aliphatic heterocycles. The minimum absolute atomic E-state index is 0.280. The number of ketones is 2. The van der Waals surface area contributed by atoms with Crippen molar-refractivity contribution in [3.8, 4) is 0 Å². The van der Waals surface area contributed by atoms with Gasteiger partial charge in [-0.2, -0.15) is 0 Å². The molecular weight excluding hydrogens is 106 g/mol. The summed E-state index contributed by atoms with van der Waals surface area (Å²) < 4.78 is 0. The molecule has 0 aliphatic rings. The monoisotopic (exact) mass is 115 g/mol. The highest BCUT2D eigenvalue weighted by molar-refractivity contribution is 6.03. The zero-order valence-electron chi connectivity index (χ0n) is 4.97. The average molecular weight is 115 g/mol. The first-order chi connectivity index (χ1) is 3.55. The summed E-state index contributed by atoms with van der Waals surface area (Å²) >= 11 is 0. The summed E-state index contributed by atoms with van der Waals surface area (Å²) in [5, 5.41) is 0. The fourth-order valence-electron chi connectivity index (χ4n) is 0.286. The van der Waals surface area contributed by atoms with E-state index in [0.29, 0.717) is 0 Å². The number of nitrogens with two attached hydrogens (primary N) is 1. The SMILES string of the molecule is CC(=O)C(N)C(C)=O. The minimum Gasteiger partial charge on any atom is -0.315 e. The standard InChI is InChI=1S/C5H9NO2/c1-3(7)5(6)4(2)8/h5H,6H2,1-2H3. The highest BCUT2D eigenvalue weighted by atomic mass is 16.2. The van der Waals surface area contributed by atoms with Crippen LogP contribution in [-0.2, 0) is 9.59 Å². The fourth-order valence-corrected chi connectivity index (χ4v) is 0.286. The van der Waals surface area contributed by atoms with Crippen LogP contribution >= 0.6 is 0 Å². The maximum Gasteiger partial charge on any atom is 0.154 e. The lowest BCUT2D eigenvalue weighted by Gasteiger charge is -1.98. The molecule has 0 spiro atoms. The Morgan fingerprint density at radius 3 is 1.50 bits per heavy atom. The summed E-state index contributed by atoms with van der Waals surface area (Å²) in [6.45, 7) is 2.60. The van der Waals surface area contributed by atoms with E-state index in [1.54, 1.807) is 0 Å². The van der Waals surface area contributed by atoms with Crippen molar-refractivity contribution in [3.05, 3.63) is 0 Å². The van der Waals surface area contributed by atoms with E-state index in [1.165, 1.54) is 13.8 Å². The van der Waals surface area contributed by atoms with Gasteiger partial charge >= 0.3 is 0 Å². The van der Waals surface area contributed by atoms with Crippen molar-refractivity contribution in [2.75, 3.05) is 0 Å². The lowest BCUT2D eigenvalue weighted by molar-refractivity contribution is -0.126. The predicted molar refractivity (Wildman–Crippen MR) is 29.3 cm³/mol. The third-order valence-electron chi connectivity index (χ3n) is 0.876. The molecule has 0 rings (SSSR count). The zero-order chi connectivity index (χ0) is 6.73. The van der Waals surface area contributed by atoms with Gasteiger partial charge in [0.15, 0.2) is 11.6 Å². The number of Topliss-reactive ketones (excluding diaryl/α,β-unsaturated/α-hetero) is 2. The van der Waals surface area contributed by atoms with Gasteiger partial charge in [0.25, 0.3) is 0 Å². The Labute approximate surface area is 47.9 Å². The van der Waals surface area contributed by atoms with Gasteiger partial charge in [0, 0.05) is 0 Å². The van der Waals surface area contributed by atoms with Gasteiger partial charge in [-0.1, -0.05) is 0 Å². The highest BCUT2D eigenvalue weighted by Crippen LogP contribution is 1.80. The van der Waals surface area contributed by atoms with E-state index >= 15 is 0 Å². The van der Waals surface area contributed by atoms with Crippen LogP contribution in [0.2, 0.25) is 0 Å². The Morgan fingerprint density at radius 1 is 1.25 bits per heavy atom. The topological polar surface area (TPSA) is 60.2 Å². The lowest BCUT2D eigenvalue weighted by atomic mass is 10.1. The number of carbonyl (C=O) groups excluding carboxylic acids is 2. The average Bonchev–Trinajstić information content (AvgIpc) is 1.64. The molecule has 0 aromatic carbocycles. The molecule has 0 aromatic rings. The molecule has 0 unspecified atom stereocenters. The van der Waals surface area contributed by atoms with E-state index in [2.05, 4.69) is 0 Å². The van der Waals surface area contributed by atoms with Gasteiger partial charge in [0.05, 0.1) is 0 Å². The fraction of sp³-hybridized carbons (Fsp3) is 0.600. The first-order valence-electron chi connectivity index (χ1n) is 2.32. The van der Waals surface area contributed by atoms with Crippen LogP contribution in [0, 0.1) is 0 Å². The third-order valence-corrected chi connectivity index (χ3v) is 0.876. The van der Waals surface area contributed by atoms with Gasteiger partial charge in [0.1, 0.15) is 6.04 Å². The lowest BCUT2D eigenvalue weighted by Crippen LogP contribution is -2.35. The van der Waals surface area contributed by atoms with Crippen LogP contribution in [0.4, 0.5) is 0 Å². The highest BCUT2D eigenvalue weighted by Gasteiger charge is 2.11. The van der Waals surface area contributed by atoms with Gasteiger partial charge in [-0.15, -0.1) is 0 Å². The first kappa shape index (κ1) is 7.30. The molecular formula is C5H9NO2. The molecule has 0 heterocycles. The summed E-state index contributed by atoms with van der Waals surface area (Å²) in [7, 11) is 0. The van der Waals surface area contributed by atoms with Crippen molar-refractivity contribution in [3.63, 3.8) is 0 Å². The van der Waals surface area contributed by atoms with Crippen LogP contribution in [0.25, 0.3) is 0 Å². The Morgan fingerprint density at radius 2 is 1.50 bits per heavy atom. The second-order valence-electron chi connectivity index (χ2n) is 1.70. The summed E-state index contributed by atoms with van der Waals surface area (Å²) in [6, 6.07) is -0.907. The first-order valence-corrected chi connectivity index (χ1v) is 2.32. The van der Waals surface area contributed by atoms with Crippen LogP contribution in [0.3, 0.4) is 0 Å². The van der Waals surface area contributed by atoms with Crippen LogP contribution < -0.4 is 5.73 Å². The van der Waals surface area contributed by atoms with E-state index in [-0.39, 0.29) is 11.6 Å². The van der Waals surface area contributed by atoms with Crippen molar-refractivity contribution in [1.29, 1.82) is 0 Å². The van der Waals surface area contributed by atoms with E-state index in [4.69, 9.17) is 5.73 Å². The molecule has 0 radical (unpaired) electrons. The Hall–Kier alpha value is -0.700. The molecule has 0 aromatic heterocycles. The van der Waals surface area contributed by atoms with Gasteiger partial charge in [0.2, 0.25) is 0 Å². The van der Waals surface area contributed by atoms with Crippen molar-refractivity contribution >= 4 is 11.6 Å². The molecule has 3 heteroatoms. The van der Waals surface area contributed by atoms with E-state index < -0.39 is 6.04 Å². The van der Waals surface area contributed by atoms with Gasteiger partial charge in [-0.3, -0.25) is 9.59 Å². The second-order valence-corrected chi connectivity index (χ2v) is 1.70. The number of rotatable bonds is 2. The van der Waals surface area contributed by atoms with Crippen molar-refractivity contribution in [2.24, 2.45) is 5.73 Å². The van der Waals surface area contributed by atoms with Crippen molar-refractivity contribution in [2.45, 2.75) is 19.9 Å². The van der Waals surface area contributed by atoms with Gasteiger partial charge in [-0.25, -0.2) is 0 Å². The van der Waals surface area contributed by atoms with Crippen LogP contribution in [0.5, 0.6) is 0 Å². The summed E-state index contributed by atoms with van der Waals surface area (Å²) in [4.78, 5) is 20.5. The molecule has 0 atom stereocenters. The number of carbonyl (C=O) groups is 2. The van der Waals surface area contributed by atoms with Crippen molar-refractivity contribution < 1.29 is 9.59 Å². The van der Waals surface area contributed by atoms with E-state index in [0.717, 1.165) is 0 Å². The Bertz CT molecular complexity index is 106. The molecule has 2 N–H and O–H groups in total. The largest absolute Gasteiger partial charge is 0.315 e. The summed E-state index contributed by atoms with van der Waals surface area (Å²) in [5.74, 6) is -0.560. The van der Waals surface area contributed by atoms with Crippen LogP contribution in [0.1, 0.15) is 13.8 Å². The molecule has 8 heavy (non-hydrogen) atoms. The Kier molecular flexibility index (Phi) is 2.34. The second kappa shape index (κ2) is 2.57. The number of hydrogen-bond acceptors (Lipinski definition) is 3. The Balaban J connectivity index is 3.83. The van der Waals surface area contributed by atoms with Gasteiger partial charge < -0.3 is 5.73 Å². The molecule has 0 saturated carbocycles. The van der Waals surface area contributed by atoms with Crippen LogP contribution in [-0.4, -0.2) is 17.6 Å². The minimum atomic E-state index is -0.907. The third kappa shape index (κ3) is 1.84. The number of hydrogen-bond donors (Lipinski definition) is 1. The van der Waals surface area contributed by atoms with Gasteiger partial charge in [-0.05, 0) is 13.8 Å². The molecule has 0 aliphatic carbocycles. The van der Waals surface area contributed by atoms with E-state index in [9.17, 15) is 9.59 Å². The van der Waals surface area contributed by atoms with Crippen molar-refractivity contribution in [1.82, 2.24) is 0 Å². The summed E-state index contributed by atoms with van der Waals surface area (Å²) in [5.41, 5.74) is 5.06. The molecule has 46 valence electrons.